The van der Waals surface area contributed by atoms with Crippen molar-refractivity contribution in [2.45, 2.75) is 20.3 Å². The first-order valence-electron chi connectivity index (χ1n) is 10.6. The number of hydrogen-bond acceptors (Lipinski definition) is 4. The van der Waals surface area contributed by atoms with Gasteiger partial charge in [-0.3, -0.25) is 9.20 Å². The van der Waals surface area contributed by atoms with Gasteiger partial charge in [0.05, 0.1) is 16.8 Å². The van der Waals surface area contributed by atoms with Crippen LogP contribution in [0, 0.1) is 13.8 Å². The Morgan fingerprint density at radius 2 is 1.81 bits per heavy atom. The fourth-order valence-electron chi connectivity index (χ4n) is 4.05. The first-order chi connectivity index (χ1) is 15.6. The van der Waals surface area contributed by atoms with E-state index < -0.39 is 0 Å². The lowest BCUT2D eigenvalue weighted by Gasteiger charge is -2.12. The number of aryl methyl sites for hydroxylation is 2. The number of carbonyl (C=O) groups excluding carboxylic acids is 1. The molecule has 32 heavy (non-hydrogen) atoms. The van der Waals surface area contributed by atoms with E-state index in [1.54, 1.807) is 0 Å². The molecule has 1 amide bonds. The van der Waals surface area contributed by atoms with Crippen molar-refractivity contribution < 1.29 is 4.79 Å². The second kappa shape index (κ2) is 8.23. The van der Waals surface area contributed by atoms with Crippen LogP contribution in [0.1, 0.15) is 27.3 Å². The average Bonchev–Trinajstić information content (AvgIpc) is 3.21. The van der Waals surface area contributed by atoms with Crippen molar-refractivity contribution in [3.05, 3.63) is 95.4 Å². The first-order valence-corrected chi connectivity index (χ1v) is 10.6. The molecule has 6 nitrogen and oxygen atoms in total. The Kier molecular flexibility index (Phi) is 5.11. The van der Waals surface area contributed by atoms with E-state index in [1.165, 1.54) is 5.56 Å². The van der Waals surface area contributed by atoms with Crippen LogP contribution >= 0.6 is 0 Å². The van der Waals surface area contributed by atoms with Gasteiger partial charge >= 0.3 is 0 Å². The quantitative estimate of drug-likeness (QED) is 0.452. The summed E-state index contributed by atoms with van der Waals surface area (Å²) < 4.78 is 1.94. The van der Waals surface area contributed by atoms with Crippen LogP contribution in [0.25, 0.3) is 27.8 Å². The van der Waals surface area contributed by atoms with E-state index in [0.29, 0.717) is 18.5 Å². The minimum atomic E-state index is -0.122. The molecule has 3 heterocycles. The maximum Gasteiger partial charge on any atom is 0.252 e. The highest BCUT2D eigenvalue weighted by Crippen LogP contribution is 2.27. The van der Waals surface area contributed by atoms with Gasteiger partial charge < -0.3 is 5.32 Å². The van der Waals surface area contributed by atoms with E-state index in [1.807, 2.05) is 59.1 Å². The lowest BCUT2D eigenvalue weighted by molar-refractivity contribution is 0.0955. The van der Waals surface area contributed by atoms with Crippen molar-refractivity contribution in [3.63, 3.8) is 0 Å². The molecule has 6 heteroatoms. The summed E-state index contributed by atoms with van der Waals surface area (Å²) in [4.78, 5) is 18.0. The number of carbonyl (C=O) groups is 1. The molecule has 158 valence electrons. The van der Waals surface area contributed by atoms with E-state index in [9.17, 15) is 4.79 Å². The van der Waals surface area contributed by atoms with Crippen LogP contribution in [0.4, 0.5) is 0 Å². The minimum Gasteiger partial charge on any atom is -0.352 e. The number of hydrogen-bond donors (Lipinski definition) is 1. The molecule has 0 atom stereocenters. The van der Waals surface area contributed by atoms with Gasteiger partial charge in [0.25, 0.3) is 5.91 Å². The van der Waals surface area contributed by atoms with Crippen LogP contribution in [0.15, 0.2) is 72.9 Å². The third kappa shape index (κ3) is 3.71. The maximum atomic E-state index is 13.2. The predicted molar refractivity (Wildman–Crippen MR) is 126 cm³/mol. The van der Waals surface area contributed by atoms with Crippen molar-refractivity contribution in [1.29, 1.82) is 0 Å². The zero-order valence-corrected chi connectivity index (χ0v) is 18.0. The number of pyridine rings is 2. The molecule has 0 bridgehead atoms. The van der Waals surface area contributed by atoms with Crippen LogP contribution in [-0.4, -0.2) is 32.0 Å². The highest BCUT2D eigenvalue weighted by molar-refractivity contribution is 6.07. The molecule has 0 aliphatic rings. The van der Waals surface area contributed by atoms with E-state index in [4.69, 9.17) is 4.98 Å². The minimum absolute atomic E-state index is 0.122. The Labute approximate surface area is 186 Å². The van der Waals surface area contributed by atoms with Gasteiger partial charge in [-0.2, -0.15) is 0 Å². The molecule has 0 saturated carbocycles. The van der Waals surface area contributed by atoms with Crippen LogP contribution in [0.5, 0.6) is 0 Å². The summed E-state index contributed by atoms with van der Waals surface area (Å²) >= 11 is 0. The highest BCUT2D eigenvalue weighted by atomic mass is 16.1. The van der Waals surface area contributed by atoms with E-state index in [0.717, 1.165) is 39.2 Å². The van der Waals surface area contributed by atoms with Crippen LogP contribution in [0.3, 0.4) is 0 Å². The van der Waals surface area contributed by atoms with Crippen LogP contribution < -0.4 is 5.32 Å². The Morgan fingerprint density at radius 1 is 0.969 bits per heavy atom. The number of aromatic nitrogens is 4. The summed E-state index contributed by atoms with van der Waals surface area (Å²) in [5.41, 5.74) is 6.39. The summed E-state index contributed by atoms with van der Waals surface area (Å²) in [6, 6.07) is 21.7. The van der Waals surface area contributed by atoms with Gasteiger partial charge in [-0.05, 0) is 43.7 Å². The summed E-state index contributed by atoms with van der Waals surface area (Å²) in [6.45, 7) is 4.61. The topological polar surface area (TPSA) is 72.2 Å². The summed E-state index contributed by atoms with van der Waals surface area (Å²) in [7, 11) is 0. The summed E-state index contributed by atoms with van der Waals surface area (Å²) in [5, 5.41) is 12.3. The molecule has 5 aromatic rings. The molecule has 0 unspecified atom stereocenters. The van der Waals surface area contributed by atoms with Crippen molar-refractivity contribution in [2.75, 3.05) is 6.54 Å². The normalized spacial score (nSPS) is 11.2. The van der Waals surface area contributed by atoms with Gasteiger partial charge in [0.2, 0.25) is 0 Å². The fourth-order valence-corrected chi connectivity index (χ4v) is 4.05. The van der Waals surface area contributed by atoms with Crippen molar-refractivity contribution in [1.82, 2.24) is 24.9 Å². The fraction of sp³-hybridized carbons (Fsp3) is 0.154. The number of benzene rings is 2. The second-order valence-electron chi connectivity index (χ2n) is 7.94. The predicted octanol–water partition coefficient (Wildman–Crippen LogP) is 4.53. The number of nitrogens with one attached hydrogen (secondary N) is 1. The Bertz CT molecular complexity index is 1450. The van der Waals surface area contributed by atoms with Gasteiger partial charge in [-0.1, -0.05) is 48.0 Å². The van der Waals surface area contributed by atoms with E-state index >= 15 is 0 Å². The van der Waals surface area contributed by atoms with Crippen molar-refractivity contribution in [2.24, 2.45) is 0 Å². The molecule has 0 fully saturated rings. The molecule has 0 aliphatic carbocycles. The zero-order chi connectivity index (χ0) is 22.1. The molecule has 2 aromatic carbocycles. The molecule has 0 aliphatic heterocycles. The number of nitrogens with zero attached hydrogens (tertiary/aromatic N) is 4. The summed E-state index contributed by atoms with van der Waals surface area (Å²) in [5.74, 6) is 0.694. The molecule has 5 rings (SSSR count). The smallest absolute Gasteiger partial charge is 0.252 e. The molecular formula is C26H23N5O. The van der Waals surface area contributed by atoms with Gasteiger partial charge in [-0.25, -0.2) is 4.98 Å². The lowest BCUT2D eigenvalue weighted by Crippen LogP contribution is -2.26. The standard InChI is InChI=1S/C26H23N5O/c1-17-10-11-19(18(2)15-17)23-16-21(20-7-3-4-8-22(20)28-23)26(32)27-13-12-25-30-29-24-9-5-6-14-31(24)25/h3-11,14-16H,12-13H2,1-2H3,(H,27,32). The highest BCUT2D eigenvalue weighted by Gasteiger charge is 2.15. The SMILES string of the molecule is Cc1ccc(-c2cc(C(=O)NCCc3nnc4ccccn34)c3ccccc3n2)c(C)c1. The summed E-state index contributed by atoms with van der Waals surface area (Å²) in [6.07, 6.45) is 2.52. The van der Waals surface area contributed by atoms with E-state index in [-0.39, 0.29) is 5.91 Å². The Morgan fingerprint density at radius 3 is 2.69 bits per heavy atom. The molecule has 3 aromatic heterocycles. The van der Waals surface area contributed by atoms with Gasteiger partial charge in [0.1, 0.15) is 5.82 Å². The molecule has 0 saturated heterocycles. The van der Waals surface area contributed by atoms with E-state index in [2.05, 4.69) is 47.6 Å². The van der Waals surface area contributed by atoms with Crippen LogP contribution in [0.2, 0.25) is 0 Å². The third-order valence-electron chi connectivity index (χ3n) is 5.64. The van der Waals surface area contributed by atoms with Crippen molar-refractivity contribution >= 4 is 22.5 Å². The maximum absolute atomic E-state index is 13.2. The first kappa shape index (κ1) is 19.9. The van der Waals surface area contributed by atoms with Gasteiger partial charge in [0, 0.05) is 30.1 Å². The molecule has 0 radical (unpaired) electrons. The number of amides is 1. The van der Waals surface area contributed by atoms with Crippen LogP contribution in [-0.2, 0) is 6.42 Å². The third-order valence-corrected chi connectivity index (χ3v) is 5.64. The average molecular weight is 422 g/mol. The number of rotatable bonds is 5. The lowest BCUT2D eigenvalue weighted by atomic mass is 9.99. The molecule has 1 N–H and O–H groups in total. The van der Waals surface area contributed by atoms with Gasteiger partial charge in [-0.15, -0.1) is 10.2 Å². The Hall–Kier alpha value is -4.06. The molecule has 0 spiro atoms. The molecular weight excluding hydrogens is 398 g/mol. The van der Waals surface area contributed by atoms with Gasteiger partial charge in [0.15, 0.2) is 5.65 Å². The van der Waals surface area contributed by atoms with Crippen molar-refractivity contribution in [3.8, 4) is 11.3 Å². The largest absolute Gasteiger partial charge is 0.352 e. The zero-order valence-electron chi connectivity index (χ0n) is 18.0. The monoisotopic (exact) mass is 421 g/mol. The number of fused-ring (bicyclic) bond motifs is 2. The Balaban J connectivity index is 1.44. The second-order valence-corrected chi connectivity index (χ2v) is 7.94. The number of para-hydroxylation sites is 1.